The van der Waals surface area contributed by atoms with Crippen LogP contribution in [0.4, 0.5) is 6.01 Å². The van der Waals surface area contributed by atoms with E-state index in [0.717, 1.165) is 0 Å². The van der Waals surface area contributed by atoms with Crippen LogP contribution in [0.25, 0.3) is 11.5 Å². The Morgan fingerprint density at radius 3 is 2.39 bits per heavy atom. The molecule has 2 aromatic carbocycles. The normalized spacial score (nSPS) is 10.6. The fourth-order valence-electron chi connectivity index (χ4n) is 1.79. The molecule has 0 saturated heterocycles. The second kappa shape index (κ2) is 6.58. The van der Waals surface area contributed by atoms with Crippen LogP contribution in [-0.2, 0) is 0 Å². The average Bonchev–Trinajstić information content (AvgIpc) is 2.99. The van der Waals surface area contributed by atoms with Crippen molar-refractivity contribution in [3.63, 3.8) is 0 Å². The Labute approximate surface area is 146 Å². The van der Waals surface area contributed by atoms with E-state index in [1.54, 1.807) is 30.3 Å². The number of anilines is 1. The molecule has 0 aliphatic rings. The van der Waals surface area contributed by atoms with Crippen LogP contribution in [0.2, 0.25) is 15.1 Å². The number of benzene rings is 2. The van der Waals surface area contributed by atoms with Crippen molar-refractivity contribution < 1.29 is 9.21 Å². The van der Waals surface area contributed by atoms with E-state index in [4.69, 9.17) is 39.2 Å². The van der Waals surface area contributed by atoms with Crippen molar-refractivity contribution in [3.05, 3.63) is 63.1 Å². The minimum Gasteiger partial charge on any atom is -0.403 e. The zero-order chi connectivity index (χ0) is 16.4. The first kappa shape index (κ1) is 15.8. The molecule has 0 radical (unpaired) electrons. The van der Waals surface area contributed by atoms with Gasteiger partial charge >= 0.3 is 6.01 Å². The van der Waals surface area contributed by atoms with E-state index in [1.165, 1.54) is 12.1 Å². The maximum Gasteiger partial charge on any atom is 0.322 e. The zero-order valence-electron chi connectivity index (χ0n) is 11.4. The number of amides is 1. The molecule has 0 bridgehead atoms. The van der Waals surface area contributed by atoms with Gasteiger partial charge in [0.25, 0.3) is 5.91 Å². The van der Waals surface area contributed by atoms with Crippen LogP contribution in [0.3, 0.4) is 0 Å². The Kier molecular flexibility index (Phi) is 4.52. The summed E-state index contributed by atoms with van der Waals surface area (Å²) in [5, 5.41) is 11.4. The van der Waals surface area contributed by atoms with Crippen LogP contribution < -0.4 is 5.32 Å². The Balaban J connectivity index is 1.77. The maximum atomic E-state index is 12.1. The summed E-state index contributed by atoms with van der Waals surface area (Å²) in [5.74, 6) is -0.166. The molecule has 5 nitrogen and oxygen atoms in total. The van der Waals surface area contributed by atoms with Gasteiger partial charge in [-0.2, -0.15) is 0 Å². The largest absolute Gasteiger partial charge is 0.403 e. The number of aromatic nitrogens is 2. The first-order valence-electron chi connectivity index (χ1n) is 6.39. The van der Waals surface area contributed by atoms with Gasteiger partial charge in [0.15, 0.2) is 0 Å². The van der Waals surface area contributed by atoms with Crippen LogP contribution in [0, 0.1) is 0 Å². The number of carbonyl (C=O) groups is 1. The van der Waals surface area contributed by atoms with Crippen LogP contribution in [-0.4, -0.2) is 16.1 Å². The van der Waals surface area contributed by atoms with Gasteiger partial charge in [-0.3, -0.25) is 10.1 Å². The van der Waals surface area contributed by atoms with Gasteiger partial charge in [0.1, 0.15) is 0 Å². The van der Waals surface area contributed by atoms with E-state index in [2.05, 4.69) is 15.5 Å². The van der Waals surface area contributed by atoms with Crippen molar-refractivity contribution in [2.24, 2.45) is 0 Å². The van der Waals surface area contributed by atoms with Crippen molar-refractivity contribution in [1.29, 1.82) is 0 Å². The first-order valence-corrected chi connectivity index (χ1v) is 7.52. The van der Waals surface area contributed by atoms with Crippen molar-refractivity contribution in [1.82, 2.24) is 10.2 Å². The molecule has 0 aliphatic carbocycles. The number of nitrogens with one attached hydrogen (secondary N) is 1. The lowest BCUT2D eigenvalue weighted by Crippen LogP contribution is -2.12. The van der Waals surface area contributed by atoms with Gasteiger partial charge in [0.2, 0.25) is 5.89 Å². The minimum atomic E-state index is -0.435. The number of rotatable bonds is 3. The van der Waals surface area contributed by atoms with Crippen molar-refractivity contribution in [2.75, 3.05) is 5.32 Å². The van der Waals surface area contributed by atoms with E-state index < -0.39 is 5.91 Å². The van der Waals surface area contributed by atoms with Crippen LogP contribution in [0.15, 0.2) is 46.9 Å². The fraction of sp³-hybridized carbons (Fsp3) is 0. The molecule has 1 amide bonds. The molecule has 23 heavy (non-hydrogen) atoms. The Bertz CT molecular complexity index is 863. The molecule has 8 heteroatoms. The zero-order valence-corrected chi connectivity index (χ0v) is 13.7. The summed E-state index contributed by atoms with van der Waals surface area (Å²) in [7, 11) is 0. The van der Waals surface area contributed by atoms with Gasteiger partial charge in [-0.05, 0) is 42.5 Å². The van der Waals surface area contributed by atoms with E-state index in [9.17, 15) is 4.79 Å². The quantitative estimate of drug-likeness (QED) is 0.710. The van der Waals surface area contributed by atoms with E-state index in [-0.39, 0.29) is 16.9 Å². The highest BCUT2D eigenvalue weighted by Gasteiger charge is 2.13. The summed E-state index contributed by atoms with van der Waals surface area (Å²) in [5.41, 5.74) is 1.02. The first-order chi connectivity index (χ1) is 11.0. The maximum absolute atomic E-state index is 12.1. The molecule has 0 fully saturated rings. The Morgan fingerprint density at radius 1 is 0.957 bits per heavy atom. The molecular weight excluding hydrogens is 361 g/mol. The van der Waals surface area contributed by atoms with Crippen LogP contribution in [0.1, 0.15) is 10.4 Å². The monoisotopic (exact) mass is 367 g/mol. The summed E-state index contributed by atoms with van der Waals surface area (Å²) in [6.07, 6.45) is 0. The molecule has 3 aromatic rings. The lowest BCUT2D eigenvalue weighted by Gasteiger charge is -2.02. The highest BCUT2D eigenvalue weighted by Crippen LogP contribution is 2.24. The standard InChI is InChI=1S/C15H8Cl3N3O2/c16-10-4-1-8(2-5-10)14-20-21-15(23-14)19-13(22)9-3-6-11(17)12(18)7-9/h1-7H,(H,19,21,22). The van der Waals surface area contributed by atoms with Crippen molar-refractivity contribution >= 4 is 46.7 Å². The minimum absolute atomic E-state index is 0.0222. The lowest BCUT2D eigenvalue weighted by molar-refractivity contribution is 0.102. The topological polar surface area (TPSA) is 68.0 Å². The highest BCUT2D eigenvalue weighted by atomic mass is 35.5. The highest BCUT2D eigenvalue weighted by molar-refractivity contribution is 6.42. The number of halogens is 3. The van der Waals surface area contributed by atoms with Gasteiger partial charge in [0.05, 0.1) is 10.0 Å². The molecule has 3 rings (SSSR count). The molecule has 1 heterocycles. The number of hydrogen-bond acceptors (Lipinski definition) is 4. The smallest absolute Gasteiger partial charge is 0.322 e. The number of carbonyl (C=O) groups excluding carboxylic acids is 1. The van der Waals surface area contributed by atoms with Gasteiger partial charge in [-0.15, -0.1) is 5.10 Å². The molecule has 0 spiro atoms. The van der Waals surface area contributed by atoms with Gasteiger partial charge in [0, 0.05) is 16.1 Å². The fourth-order valence-corrected chi connectivity index (χ4v) is 2.21. The molecule has 0 atom stereocenters. The van der Waals surface area contributed by atoms with Crippen LogP contribution in [0.5, 0.6) is 0 Å². The van der Waals surface area contributed by atoms with Gasteiger partial charge in [-0.1, -0.05) is 39.9 Å². The molecule has 116 valence electrons. The molecular formula is C15H8Cl3N3O2. The summed E-state index contributed by atoms with van der Waals surface area (Å²) in [4.78, 5) is 12.1. The Morgan fingerprint density at radius 2 is 1.70 bits per heavy atom. The molecule has 1 aromatic heterocycles. The van der Waals surface area contributed by atoms with Crippen molar-refractivity contribution in [3.8, 4) is 11.5 Å². The average molecular weight is 369 g/mol. The SMILES string of the molecule is O=C(Nc1nnc(-c2ccc(Cl)cc2)o1)c1ccc(Cl)c(Cl)c1. The molecule has 1 N–H and O–H groups in total. The summed E-state index contributed by atoms with van der Waals surface area (Å²) in [6, 6.07) is 11.4. The third-order valence-corrected chi connectivity index (χ3v) is 3.91. The number of nitrogens with zero attached hydrogens (tertiary/aromatic N) is 2. The van der Waals surface area contributed by atoms with Crippen LogP contribution >= 0.6 is 34.8 Å². The van der Waals surface area contributed by atoms with Gasteiger partial charge in [-0.25, -0.2) is 0 Å². The predicted molar refractivity (Wildman–Crippen MR) is 89.2 cm³/mol. The summed E-state index contributed by atoms with van der Waals surface area (Å²) >= 11 is 17.5. The summed E-state index contributed by atoms with van der Waals surface area (Å²) < 4.78 is 5.40. The molecule has 0 unspecified atom stereocenters. The third-order valence-electron chi connectivity index (χ3n) is 2.92. The van der Waals surface area contributed by atoms with Gasteiger partial charge < -0.3 is 4.42 Å². The predicted octanol–water partition coefficient (Wildman–Crippen LogP) is 4.95. The summed E-state index contributed by atoms with van der Waals surface area (Å²) in [6.45, 7) is 0. The van der Waals surface area contributed by atoms with Crippen molar-refractivity contribution in [2.45, 2.75) is 0 Å². The number of hydrogen-bond donors (Lipinski definition) is 1. The second-order valence-corrected chi connectivity index (χ2v) is 5.75. The van der Waals surface area contributed by atoms with E-state index in [0.29, 0.717) is 21.2 Å². The van der Waals surface area contributed by atoms with E-state index in [1.807, 2.05) is 0 Å². The third kappa shape index (κ3) is 3.64. The second-order valence-electron chi connectivity index (χ2n) is 4.50. The van der Waals surface area contributed by atoms with E-state index >= 15 is 0 Å². The molecule has 0 aliphatic heterocycles. The lowest BCUT2D eigenvalue weighted by atomic mass is 10.2. The molecule has 0 saturated carbocycles. The Hall–Kier alpha value is -2.08.